The van der Waals surface area contributed by atoms with Crippen LogP contribution < -0.4 is 4.90 Å². The number of benzene rings is 6. The second-order valence-electron chi connectivity index (χ2n) is 11.9. The molecule has 0 aliphatic carbocycles. The maximum atomic E-state index is 9.75. The molecule has 2 atom stereocenters. The van der Waals surface area contributed by atoms with Crippen molar-refractivity contribution in [2.45, 2.75) is 25.9 Å². The minimum atomic E-state index is -6.00. The average Bonchev–Trinajstić information content (AvgIpc) is 3.50. The molecular weight excluding hydrogens is 607 g/mol. The van der Waals surface area contributed by atoms with Gasteiger partial charge in [0.2, 0.25) is 6.34 Å². The molecule has 0 aromatic heterocycles. The van der Waals surface area contributed by atoms with Crippen LogP contribution in [-0.4, -0.2) is 18.2 Å². The summed E-state index contributed by atoms with van der Waals surface area (Å²) in [5, 5.41) is 0. The largest absolute Gasteiger partial charge is 0.673 e. The smallest absolute Gasteiger partial charge is 0.418 e. The second-order valence-corrected chi connectivity index (χ2v) is 11.9. The van der Waals surface area contributed by atoms with Crippen LogP contribution in [0.25, 0.3) is 22.3 Å². The molecule has 7 heteroatoms. The Kier molecular flexibility index (Phi) is 9.58. The second kappa shape index (κ2) is 14.1. The van der Waals surface area contributed by atoms with E-state index in [4.69, 9.17) is 0 Å². The molecule has 6 aromatic rings. The van der Waals surface area contributed by atoms with Crippen molar-refractivity contribution in [1.82, 2.24) is 0 Å². The van der Waals surface area contributed by atoms with Crippen LogP contribution in [0.15, 0.2) is 158 Å². The fourth-order valence-corrected chi connectivity index (χ4v) is 6.43. The number of anilines is 1. The van der Waals surface area contributed by atoms with E-state index in [-0.39, 0.29) is 12.1 Å². The highest BCUT2D eigenvalue weighted by Gasteiger charge is 2.47. The van der Waals surface area contributed by atoms with E-state index in [1.807, 2.05) is 0 Å². The van der Waals surface area contributed by atoms with Crippen LogP contribution in [0.2, 0.25) is 0 Å². The Morgan fingerprint density at radius 3 is 1.50 bits per heavy atom. The number of halogens is 4. The molecule has 0 fully saturated rings. The SMILES string of the molecule is Cc1ccc(-c2ccccc2)c(N2C=[N+](c3cc(C)ccc3-c3ccccc3)[C@@H](c3ccccc3)[C@@H]2c2ccccc2)c1.F[B-](F)(F)F. The summed E-state index contributed by atoms with van der Waals surface area (Å²) in [6, 6.07) is 57.2. The zero-order chi connectivity index (χ0) is 33.7. The first kappa shape index (κ1) is 32.5. The minimum absolute atomic E-state index is 0.0389. The van der Waals surface area contributed by atoms with Gasteiger partial charge in [-0.05, 0) is 60.4 Å². The summed E-state index contributed by atoms with van der Waals surface area (Å²) in [5.74, 6) is 0. The lowest BCUT2D eigenvalue weighted by atomic mass is 9.91. The fraction of sp³-hybridized carbons (Fsp3) is 0.0976. The molecule has 0 saturated heterocycles. The molecule has 0 saturated carbocycles. The van der Waals surface area contributed by atoms with Crippen LogP contribution in [-0.2, 0) is 0 Å². The quantitative estimate of drug-likeness (QED) is 0.0996. The van der Waals surface area contributed by atoms with Gasteiger partial charge in [-0.15, -0.1) is 0 Å². The van der Waals surface area contributed by atoms with Gasteiger partial charge >= 0.3 is 7.25 Å². The Labute approximate surface area is 279 Å². The molecule has 0 bridgehead atoms. The van der Waals surface area contributed by atoms with Gasteiger partial charge in [0.05, 0.1) is 0 Å². The standard InChI is InChI=1S/C41H35N2.BF4/c1-30-23-25-36(32-15-7-3-8-16-32)38(27-30)42-29-43(39-28-31(2)24-26-37(39)33-17-9-4-10-18-33)41(35-21-13-6-14-22-35)40(42)34-19-11-5-12-20-34;2-1(3,4)5/h3-29,40-41H,1-2H3;/q+1;-1/t40-,41-;/m0./s1. The van der Waals surface area contributed by atoms with Crippen molar-refractivity contribution in [3.8, 4) is 22.3 Å². The average molecular weight is 643 g/mol. The zero-order valence-corrected chi connectivity index (χ0v) is 26.7. The molecule has 2 nitrogen and oxygen atoms in total. The molecule has 0 spiro atoms. The van der Waals surface area contributed by atoms with Crippen molar-refractivity contribution in [2.24, 2.45) is 0 Å². The minimum Gasteiger partial charge on any atom is -0.418 e. The predicted octanol–water partition coefficient (Wildman–Crippen LogP) is 11.6. The molecule has 0 amide bonds. The Bertz CT molecular complexity index is 1990. The third-order valence-corrected chi connectivity index (χ3v) is 8.46. The van der Waals surface area contributed by atoms with Gasteiger partial charge in [-0.3, -0.25) is 0 Å². The Morgan fingerprint density at radius 1 is 0.521 bits per heavy atom. The maximum Gasteiger partial charge on any atom is 0.673 e. The van der Waals surface area contributed by atoms with Crippen LogP contribution >= 0.6 is 0 Å². The lowest BCUT2D eigenvalue weighted by molar-refractivity contribution is -0.480. The lowest BCUT2D eigenvalue weighted by Crippen LogP contribution is -2.26. The molecular formula is C41H35BF4N2. The number of rotatable bonds is 6. The van der Waals surface area contributed by atoms with E-state index < -0.39 is 7.25 Å². The topological polar surface area (TPSA) is 6.25 Å². The van der Waals surface area contributed by atoms with Gasteiger partial charge in [0.15, 0.2) is 12.1 Å². The molecule has 7 rings (SSSR count). The highest BCUT2D eigenvalue weighted by molar-refractivity contribution is 6.50. The summed E-state index contributed by atoms with van der Waals surface area (Å²) in [5.41, 5.74) is 12.3. The molecule has 1 aliphatic rings. The fourth-order valence-electron chi connectivity index (χ4n) is 6.43. The van der Waals surface area contributed by atoms with Gasteiger partial charge in [0.1, 0.15) is 11.4 Å². The van der Waals surface area contributed by atoms with E-state index in [1.54, 1.807) is 0 Å². The van der Waals surface area contributed by atoms with E-state index in [1.165, 1.54) is 55.9 Å². The first-order chi connectivity index (χ1) is 23.2. The number of hydrogen-bond donors (Lipinski definition) is 0. The summed E-state index contributed by atoms with van der Waals surface area (Å²) in [6.07, 6.45) is 2.36. The van der Waals surface area contributed by atoms with E-state index in [0.29, 0.717) is 0 Å². The number of aryl methyl sites for hydroxylation is 2. The van der Waals surface area contributed by atoms with Crippen molar-refractivity contribution in [3.63, 3.8) is 0 Å². The Morgan fingerprint density at radius 2 is 0.958 bits per heavy atom. The Hall–Kier alpha value is -5.43. The third-order valence-electron chi connectivity index (χ3n) is 8.46. The monoisotopic (exact) mass is 642 g/mol. The molecule has 1 heterocycles. The van der Waals surface area contributed by atoms with E-state index in [0.717, 1.165) is 0 Å². The normalized spacial score (nSPS) is 15.8. The van der Waals surface area contributed by atoms with Crippen LogP contribution in [0, 0.1) is 13.8 Å². The van der Waals surface area contributed by atoms with Crippen LogP contribution in [0.3, 0.4) is 0 Å². The highest BCUT2D eigenvalue weighted by atomic mass is 19.5. The van der Waals surface area contributed by atoms with Crippen molar-refractivity contribution in [3.05, 3.63) is 180 Å². The van der Waals surface area contributed by atoms with Crippen molar-refractivity contribution < 1.29 is 21.8 Å². The number of hydrogen-bond acceptors (Lipinski definition) is 1. The third kappa shape index (κ3) is 7.42. The van der Waals surface area contributed by atoms with Gasteiger partial charge < -0.3 is 17.3 Å². The first-order valence-corrected chi connectivity index (χ1v) is 15.9. The molecule has 6 aromatic carbocycles. The van der Waals surface area contributed by atoms with E-state index in [9.17, 15) is 17.3 Å². The zero-order valence-electron chi connectivity index (χ0n) is 26.7. The summed E-state index contributed by atoms with van der Waals surface area (Å²) in [6.45, 7) is 4.37. The summed E-state index contributed by atoms with van der Waals surface area (Å²) < 4.78 is 41.5. The highest BCUT2D eigenvalue weighted by Crippen LogP contribution is 2.49. The lowest BCUT2D eigenvalue weighted by Gasteiger charge is -2.26. The first-order valence-electron chi connectivity index (χ1n) is 15.9. The summed E-state index contributed by atoms with van der Waals surface area (Å²) >= 11 is 0. The molecule has 0 radical (unpaired) electrons. The van der Waals surface area contributed by atoms with Crippen LogP contribution in [0.4, 0.5) is 28.6 Å². The van der Waals surface area contributed by atoms with Crippen LogP contribution in [0.5, 0.6) is 0 Å². The Balaban J connectivity index is 0.000000749. The molecule has 240 valence electrons. The molecule has 0 unspecified atom stereocenters. The summed E-state index contributed by atoms with van der Waals surface area (Å²) in [4.78, 5) is 2.51. The summed E-state index contributed by atoms with van der Waals surface area (Å²) in [7, 11) is -6.00. The van der Waals surface area contributed by atoms with E-state index in [2.05, 4.69) is 187 Å². The van der Waals surface area contributed by atoms with Gasteiger partial charge in [-0.1, -0.05) is 133 Å². The maximum absolute atomic E-state index is 9.75. The molecule has 48 heavy (non-hydrogen) atoms. The van der Waals surface area contributed by atoms with Crippen molar-refractivity contribution in [1.29, 1.82) is 0 Å². The molecule has 1 aliphatic heterocycles. The van der Waals surface area contributed by atoms with Gasteiger partial charge in [-0.25, -0.2) is 9.48 Å². The van der Waals surface area contributed by atoms with Gasteiger partial charge in [0, 0.05) is 22.3 Å². The van der Waals surface area contributed by atoms with E-state index >= 15 is 0 Å². The number of nitrogens with zero attached hydrogens (tertiary/aromatic N) is 2. The van der Waals surface area contributed by atoms with Crippen molar-refractivity contribution >= 4 is 25.0 Å². The van der Waals surface area contributed by atoms with Crippen molar-refractivity contribution in [2.75, 3.05) is 4.90 Å². The van der Waals surface area contributed by atoms with Gasteiger partial charge in [0.25, 0.3) is 0 Å². The van der Waals surface area contributed by atoms with Crippen LogP contribution in [0.1, 0.15) is 34.3 Å². The predicted molar refractivity (Wildman–Crippen MR) is 190 cm³/mol. The van der Waals surface area contributed by atoms with Gasteiger partial charge in [-0.2, -0.15) is 0 Å². The molecule has 0 N–H and O–H groups in total.